The van der Waals surface area contributed by atoms with Crippen LogP contribution >= 0.6 is 27.3 Å². The lowest BCUT2D eigenvalue weighted by Crippen LogP contribution is -2.46. The fourth-order valence-electron chi connectivity index (χ4n) is 2.37. The first-order chi connectivity index (χ1) is 8.05. The van der Waals surface area contributed by atoms with E-state index >= 15 is 0 Å². The van der Waals surface area contributed by atoms with Crippen molar-refractivity contribution in [2.24, 2.45) is 0 Å². The minimum absolute atomic E-state index is 0.256. The van der Waals surface area contributed by atoms with E-state index in [9.17, 15) is 0 Å². The van der Waals surface area contributed by atoms with Gasteiger partial charge < -0.3 is 10.2 Å². The van der Waals surface area contributed by atoms with Crippen LogP contribution in [0.25, 0.3) is 0 Å². The molecule has 1 aliphatic heterocycles. The number of thiophene rings is 1. The highest BCUT2D eigenvalue weighted by molar-refractivity contribution is 9.11. The molecule has 1 aliphatic rings. The minimum atomic E-state index is 0.256. The summed E-state index contributed by atoms with van der Waals surface area (Å²) < 4.78 is 1.24. The van der Waals surface area contributed by atoms with Gasteiger partial charge in [-0.2, -0.15) is 0 Å². The molecule has 0 bridgehead atoms. The van der Waals surface area contributed by atoms with E-state index in [4.69, 9.17) is 0 Å². The topological polar surface area (TPSA) is 15.3 Å². The lowest BCUT2D eigenvalue weighted by atomic mass is 10.1. The molecule has 1 saturated heterocycles. The molecule has 0 amide bonds. The standard InChI is InChI=1S/C13H21BrN2S/c1-13(2)10-16(8-3-7-15-13)9-6-11-4-5-12(14)17-11/h4-5,15H,3,6-10H2,1-2H3. The Bertz CT molecular complexity index is 362. The summed E-state index contributed by atoms with van der Waals surface area (Å²) in [5, 5.41) is 3.61. The first kappa shape index (κ1) is 13.5. The third-order valence-corrected chi connectivity index (χ3v) is 4.86. The van der Waals surface area contributed by atoms with Crippen molar-refractivity contribution in [3.8, 4) is 0 Å². The van der Waals surface area contributed by atoms with E-state index in [1.807, 2.05) is 11.3 Å². The summed E-state index contributed by atoms with van der Waals surface area (Å²) in [7, 11) is 0. The lowest BCUT2D eigenvalue weighted by molar-refractivity contribution is 0.234. The second kappa shape index (κ2) is 5.83. The smallest absolute Gasteiger partial charge is 0.0701 e. The molecule has 2 nitrogen and oxygen atoms in total. The van der Waals surface area contributed by atoms with Crippen molar-refractivity contribution in [1.82, 2.24) is 10.2 Å². The maximum absolute atomic E-state index is 3.61. The highest BCUT2D eigenvalue weighted by Crippen LogP contribution is 2.22. The van der Waals surface area contributed by atoms with Crippen LogP contribution in [0.15, 0.2) is 15.9 Å². The zero-order chi connectivity index (χ0) is 12.3. The van der Waals surface area contributed by atoms with Crippen molar-refractivity contribution in [1.29, 1.82) is 0 Å². The van der Waals surface area contributed by atoms with Crippen molar-refractivity contribution in [3.05, 3.63) is 20.8 Å². The van der Waals surface area contributed by atoms with Crippen LogP contribution < -0.4 is 5.32 Å². The number of rotatable bonds is 3. The third kappa shape index (κ3) is 4.36. The average molecular weight is 317 g/mol. The van der Waals surface area contributed by atoms with Gasteiger partial charge in [0.15, 0.2) is 0 Å². The van der Waals surface area contributed by atoms with E-state index in [-0.39, 0.29) is 5.54 Å². The fourth-order valence-corrected chi connectivity index (χ4v) is 3.84. The summed E-state index contributed by atoms with van der Waals surface area (Å²) in [6.45, 7) is 9.30. The van der Waals surface area contributed by atoms with Crippen LogP contribution in [0, 0.1) is 0 Å². The van der Waals surface area contributed by atoms with E-state index in [0.717, 1.165) is 13.1 Å². The van der Waals surface area contributed by atoms with E-state index in [2.05, 4.69) is 52.1 Å². The monoisotopic (exact) mass is 316 g/mol. The zero-order valence-corrected chi connectivity index (χ0v) is 13.0. The molecule has 4 heteroatoms. The second-order valence-electron chi connectivity index (χ2n) is 5.40. The Hall–Kier alpha value is 0.1000. The Morgan fingerprint density at radius 1 is 1.47 bits per heavy atom. The van der Waals surface area contributed by atoms with Crippen molar-refractivity contribution in [2.75, 3.05) is 26.2 Å². The first-order valence-corrected chi connectivity index (χ1v) is 7.88. The van der Waals surface area contributed by atoms with Gasteiger partial charge in [0.05, 0.1) is 3.79 Å². The van der Waals surface area contributed by atoms with Crippen LogP contribution in [0.3, 0.4) is 0 Å². The fraction of sp³-hybridized carbons (Fsp3) is 0.692. The van der Waals surface area contributed by atoms with Gasteiger partial charge in [0.25, 0.3) is 0 Å². The van der Waals surface area contributed by atoms with Gasteiger partial charge in [0, 0.05) is 23.5 Å². The molecule has 2 rings (SSSR count). The Balaban J connectivity index is 1.85. The predicted octanol–water partition coefficient (Wildman–Crippen LogP) is 3.13. The van der Waals surface area contributed by atoms with E-state index in [1.165, 1.54) is 34.6 Å². The van der Waals surface area contributed by atoms with Crippen molar-refractivity contribution < 1.29 is 0 Å². The Morgan fingerprint density at radius 2 is 2.29 bits per heavy atom. The maximum atomic E-state index is 3.61. The Kier molecular flexibility index (Phi) is 4.64. The van der Waals surface area contributed by atoms with E-state index in [1.54, 1.807) is 0 Å². The molecule has 0 saturated carbocycles. The maximum Gasteiger partial charge on any atom is 0.0701 e. The molecular weight excluding hydrogens is 296 g/mol. The number of nitrogens with zero attached hydrogens (tertiary/aromatic N) is 1. The predicted molar refractivity (Wildman–Crippen MR) is 78.9 cm³/mol. The third-order valence-electron chi connectivity index (χ3n) is 3.18. The van der Waals surface area contributed by atoms with Crippen LogP contribution in [0.5, 0.6) is 0 Å². The lowest BCUT2D eigenvalue weighted by Gasteiger charge is -2.29. The summed E-state index contributed by atoms with van der Waals surface area (Å²) in [6, 6.07) is 4.38. The quantitative estimate of drug-likeness (QED) is 0.921. The van der Waals surface area contributed by atoms with Crippen molar-refractivity contribution in [3.63, 3.8) is 0 Å². The molecule has 0 aliphatic carbocycles. The molecule has 1 aromatic rings. The van der Waals surface area contributed by atoms with Gasteiger partial charge in [-0.1, -0.05) is 0 Å². The van der Waals surface area contributed by atoms with Gasteiger partial charge in [-0.15, -0.1) is 11.3 Å². The van der Waals surface area contributed by atoms with Crippen molar-refractivity contribution >= 4 is 27.3 Å². The van der Waals surface area contributed by atoms with Crippen LogP contribution in [-0.4, -0.2) is 36.6 Å². The van der Waals surface area contributed by atoms with E-state index < -0.39 is 0 Å². The second-order valence-corrected chi connectivity index (χ2v) is 7.94. The van der Waals surface area contributed by atoms with Gasteiger partial charge in [-0.3, -0.25) is 0 Å². The molecule has 1 fully saturated rings. The van der Waals surface area contributed by atoms with Crippen molar-refractivity contribution in [2.45, 2.75) is 32.2 Å². The normalized spacial score (nSPS) is 21.4. The molecule has 2 heterocycles. The summed E-state index contributed by atoms with van der Waals surface area (Å²) in [5.41, 5.74) is 0.256. The largest absolute Gasteiger partial charge is 0.310 e. The SMILES string of the molecule is CC1(C)CN(CCc2ccc(Br)s2)CCCN1. The van der Waals surface area contributed by atoms with Crippen LogP contribution in [0.4, 0.5) is 0 Å². The number of nitrogens with one attached hydrogen (secondary N) is 1. The Labute approximate surface area is 117 Å². The molecule has 0 aromatic carbocycles. The highest BCUT2D eigenvalue weighted by atomic mass is 79.9. The van der Waals surface area contributed by atoms with Crippen LogP contribution in [-0.2, 0) is 6.42 Å². The summed E-state index contributed by atoms with van der Waals surface area (Å²) in [4.78, 5) is 4.07. The summed E-state index contributed by atoms with van der Waals surface area (Å²) >= 11 is 5.38. The van der Waals surface area contributed by atoms with Gasteiger partial charge in [0.1, 0.15) is 0 Å². The molecule has 1 aromatic heterocycles. The number of hydrogen-bond acceptors (Lipinski definition) is 3. The number of hydrogen-bond donors (Lipinski definition) is 1. The van der Waals surface area contributed by atoms with Gasteiger partial charge in [-0.25, -0.2) is 0 Å². The molecule has 0 atom stereocenters. The molecule has 1 N–H and O–H groups in total. The van der Waals surface area contributed by atoms with Crippen LogP contribution in [0.1, 0.15) is 25.1 Å². The van der Waals surface area contributed by atoms with Crippen LogP contribution in [0.2, 0.25) is 0 Å². The summed E-state index contributed by atoms with van der Waals surface area (Å²) in [6.07, 6.45) is 2.43. The molecule has 0 spiro atoms. The molecular formula is C13H21BrN2S. The molecule has 0 unspecified atom stereocenters. The highest BCUT2D eigenvalue weighted by Gasteiger charge is 2.23. The minimum Gasteiger partial charge on any atom is -0.310 e. The molecule has 17 heavy (non-hydrogen) atoms. The number of halogens is 1. The molecule has 0 radical (unpaired) electrons. The van der Waals surface area contributed by atoms with Gasteiger partial charge >= 0.3 is 0 Å². The zero-order valence-electron chi connectivity index (χ0n) is 10.6. The average Bonchev–Trinajstić information content (AvgIpc) is 2.58. The van der Waals surface area contributed by atoms with E-state index in [0.29, 0.717) is 0 Å². The summed E-state index contributed by atoms with van der Waals surface area (Å²) in [5.74, 6) is 0. The Morgan fingerprint density at radius 3 is 3.00 bits per heavy atom. The van der Waals surface area contributed by atoms with Gasteiger partial charge in [0.2, 0.25) is 0 Å². The first-order valence-electron chi connectivity index (χ1n) is 6.27. The molecule has 96 valence electrons. The van der Waals surface area contributed by atoms with Gasteiger partial charge in [-0.05, 0) is 67.8 Å².